The molecule has 2 heterocycles. The number of rotatable bonds is 5. The van der Waals surface area contributed by atoms with Gasteiger partial charge in [-0.3, -0.25) is 9.59 Å². The topological polar surface area (TPSA) is 62.3 Å². The molecule has 0 radical (unpaired) electrons. The van der Waals surface area contributed by atoms with Crippen LogP contribution in [0.1, 0.15) is 59.2 Å². The van der Waals surface area contributed by atoms with Gasteiger partial charge in [-0.25, -0.2) is 4.98 Å². The third-order valence-corrected chi connectivity index (χ3v) is 5.95. The fourth-order valence-electron chi connectivity index (χ4n) is 3.22. The Labute approximate surface area is 164 Å². The van der Waals surface area contributed by atoms with Crippen molar-refractivity contribution in [2.45, 2.75) is 46.1 Å². The lowest BCUT2D eigenvalue weighted by Crippen LogP contribution is -2.39. The van der Waals surface area contributed by atoms with Crippen LogP contribution in [0.2, 0.25) is 0 Å². The minimum Gasteiger partial charge on any atom is -0.350 e. The van der Waals surface area contributed by atoms with E-state index in [4.69, 9.17) is 4.98 Å². The molecule has 5 nitrogen and oxygen atoms in total. The Kier molecular flexibility index (Phi) is 6.26. The molecule has 1 aliphatic heterocycles. The standard InChI is InChI=1S/C21H27N3O2S/c1-14(2)19(25)22-11-18-13-27-20(23-18)17-5-4-10-24(12-17)21(26)16-8-6-15(3)7-9-16/h6-9,13-14,17H,4-5,10-12H2,1-3H3,(H,22,25)/t17-/m1/s1. The van der Waals surface area contributed by atoms with E-state index in [1.807, 2.05) is 55.3 Å². The van der Waals surface area contributed by atoms with Gasteiger partial charge in [-0.05, 0) is 31.9 Å². The van der Waals surface area contributed by atoms with E-state index in [-0.39, 0.29) is 23.7 Å². The van der Waals surface area contributed by atoms with Gasteiger partial charge >= 0.3 is 0 Å². The highest BCUT2D eigenvalue weighted by atomic mass is 32.1. The number of likely N-dealkylation sites (tertiary alicyclic amines) is 1. The van der Waals surface area contributed by atoms with Crippen molar-refractivity contribution in [3.8, 4) is 0 Å². The molecule has 1 aromatic heterocycles. The van der Waals surface area contributed by atoms with E-state index >= 15 is 0 Å². The number of aromatic nitrogens is 1. The molecule has 6 heteroatoms. The summed E-state index contributed by atoms with van der Waals surface area (Å²) >= 11 is 1.63. The normalized spacial score (nSPS) is 17.2. The van der Waals surface area contributed by atoms with Gasteiger partial charge in [0.1, 0.15) is 0 Å². The number of nitrogens with zero attached hydrogens (tertiary/aromatic N) is 2. The number of nitrogens with one attached hydrogen (secondary N) is 1. The first-order chi connectivity index (χ1) is 12.9. The van der Waals surface area contributed by atoms with E-state index in [0.29, 0.717) is 13.1 Å². The van der Waals surface area contributed by atoms with Crippen molar-refractivity contribution in [1.29, 1.82) is 0 Å². The Morgan fingerprint density at radius 3 is 2.74 bits per heavy atom. The summed E-state index contributed by atoms with van der Waals surface area (Å²) in [5, 5.41) is 5.98. The van der Waals surface area contributed by atoms with Crippen LogP contribution in [0.3, 0.4) is 0 Å². The first-order valence-electron chi connectivity index (χ1n) is 9.52. The van der Waals surface area contributed by atoms with E-state index in [2.05, 4.69) is 5.32 Å². The monoisotopic (exact) mass is 385 g/mol. The average molecular weight is 386 g/mol. The van der Waals surface area contributed by atoms with Gasteiger partial charge in [-0.2, -0.15) is 0 Å². The van der Waals surface area contributed by atoms with Gasteiger partial charge in [0.25, 0.3) is 5.91 Å². The van der Waals surface area contributed by atoms with Crippen LogP contribution in [0, 0.1) is 12.8 Å². The van der Waals surface area contributed by atoms with Gasteiger partial charge in [0, 0.05) is 35.9 Å². The molecule has 0 aliphatic carbocycles. The van der Waals surface area contributed by atoms with Crippen molar-refractivity contribution in [1.82, 2.24) is 15.2 Å². The van der Waals surface area contributed by atoms with Crippen molar-refractivity contribution in [2.75, 3.05) is 13.1 Å². The van der Waals surface area contributed by atoms with Gasteiger partial charge in [-0.1, -0.05) is 31.5 Å². The van der Waals surface area contributed by atoms with Crippen LogP contribution in [0.15, 0.2) is 29.6 Å². The van der Waals surface area contributed by atoms with E-state index < -0.39 is 0 Å². The zero-order chi connectivity index (χ0) is 19.4. The molecule has 2 aromatic rings. The second-order valence-electron chi connectivity index (χ2n) is 7.51. The Hall–Kier alpha value is -2.21. The highest BCUT2D eigenvalue weighted by molar-refractivity contribution is 7.09. The third kappa shape index (κ3) is 4.95. The molecule has 1 fully saturated rings. The fraction of sp³-hybridized carbons (Fsp3) is 0.476. The van der Waals surface area contributed by atoms with Gasteiger partial charge in [0.2, 0.25) is 5.91 Å². The molecule has 1 saturated heterocycles. The molecular formula is C21H27N3O2S. The summed E-state index contributed by atoms with van der Waals surface area (Å²) in [6, 6.07) is 7.76. The second kappa shape index (κ2) is 8.65. The highest BCUT2D eigenvalue weighted by Crippen LogP contribution is 2.30. The van der Waals surface area contributed by atoms with Crippen LogP contribution in [0.4, 0.5) is 0 Å². The molecule has 1 atom stereocenters. The van der Waals surface area contributed by atoms with Crippen LogP contribution in [-0.2, 0) is 11.3 Å². The molecule has 0 unspecified atom stereocenters. The minimum atomic E-state index is -0.0252. The van der Waals surface area contributed by atoms with Gasteiger partial charge in [0.05, 0.1) is 17.2 Å². The van der Waals surface area contributed by atoms with Gasteiger partial charge in [0.15, 0.2) is 0 Å². The maximum absolute atomic E-state index is 12.8. The van der Waals surface area contributed by atoms with Crippen LogP contribution in [0.5, 0.6) is 0 Å². The fourth-order valence-corrected chi connectivity index (χ4v) is 4.16. The summed E-state index contributed by atoms with van der Waals surface area (Å²) in [5.41, 5.74) is 2.80. The first kappa shape index (κ1) is 19.5. The van der Waals surface area contributed by atoms with Crippen LogP contribution in [-0.4, -0.2) is 34.8 Å². The zero-order valence-corrected chi connectivity index (χ0v) is 17.0. The number of aryl methyl sites for hydroxylation is 1. The number of amides is 2. The van der Waals surface area contributed by atoms with Crippen LogP contribution in [0.25, 0.3) is 0 Å². The number of hydrogen-bond acceptors (Lipinski definition) is 4. The molecule has 27 heavy (non-hydrogen) atoms. The Balaban J connectivity index is 1.62. The summed E-state index contributed by atoms with van der Waals surface area (Å²) < 4.78 is 0. The number of piperidine rings is 1. The molecular weight excluding hydrogens is 358 g/mol. The summed E-state index contributed by atoms with van der Waals surface area (Å²) in [4.78, 5) is 31.2. The Morgan fingerprint density at radius 2 is 2.04 bits per heavy atom. The van der Waals surface area contributed by atoms with Crippen molar-refractivity contribution in [2.24, 2.45) is 5.92 Å². The van der Waals surface area contributed by atoms with Crippen LogP contribution >= 0.6 is 11.3 Å². The summed E-state index contributed by atoms with van der Waals surface area (Å²) in [5.74, 6) is 0.383. The maximum Gasteiger partial charge on any atom is 0.253 e. The van der Waals surface area contributed by atoms with Crippen molar-refractivity contribution in [3.63, 3.8) is 0 Å². The number of benzene rings is 1. The van der Waals surface area contributed by atoms with Gasteiger partial charge < -0.3 is 10.2 Å². The minimum absolute atomic E-state index is 0.0252. The van der Waals surface area contributed by atoms with Crippen molar-refractivity contribution in [3.05, 3.63) is 51.5 Å². The lowest BCUT2D eigenvalue weighted by atomic mass is 9.98. The number of carbonyl (C=O) groups is 2. The Bertz CT molecular complexity index is 798. The molecule has 1 aromatic carbocycles. The average Bonchev–Trinajstić information content (AvgIpc) is 3.15. The summed E-state index contributed by atoms with van der Waals surface area (Å²) in [6.45, 7) is 7.75. The van der Waals surface area contributed by atoms with E-state index in [1.165, 1.54) is 0 Å². The molecule has 1 aliphatic rings. The molecule has 1 N–H and O–H groups in total. The summed E-state index contributed by atoms with van der Waals surface area (Å²) in [7, 11) is 0. The van der Waals surface area contributed by atoms with E-state index in [0.717, 1.165) is 41.2 Å². The highest BCUT2D eigenvalue weighted by Gasteiger charge is 2.27. The van der Waals surface area contributed by atoms with Crippen LogP contribution < -0.4 is 5.32 Å². The molecule has 144 valence electrons. The first-order valence-corrected chi connectivity index (χ1v) is 10.4. The van der Waals surface area contributed by atoms with Crippen molar-refractivity contribution < 1.29 is 9.59 Å². The zero-order valence-electron chi connectivity index (χ0n) is 16.2. The molecule has 3 rings (SSSR count). The quantitative estimate of drug-likeness (QED) is 0.853. The molecule has 0 saturated carbocycles. The number of thiazole rings is 1. The molecule has 0 bridgehead atoms. The maximum atomic E-state index is 12.8. The predicted octanol–water partition coefficient (Wildman–Crippen LogP) is 3.74. The summed E-state index contributed by atoms with van der Waals surface area (Å²) in [6.07, 6.45) is 2.03. The number of carbonyl (C=O) groups excluding carboxylic acids is 2. The largest absolute Gasteiger partial charge is 0.350 e. The molecule has 0 spiro atoms. The second-order valence-corrected chi connectivity index (χ2v) is 8.40. The SMILES string of the molecule is Cc1ccc(C(=O)N2CCC[C@@H](c3nc(CNC(=O)C(C)C)cs3)C2)cc1. The van der Waals surface area contributed by atoms with Crippen molar-refractivity contribution >= 4 is 23.2 Å². The van der Waals surface area contributed by atoms with E-state index in [9.17, 15) is 9.59 Å². The third-order valence-electron chi connectivity index (χ3n) is 4.89. The van der Waals surface area contributed by atoms with Gasteiger partial charge in [-0.15, -0.1) is 11.3 Å². The molecule has 2 amide bonds. The number of hydrogen-bond donors (Lipinski definition) is 1. The predicted molar refractivity (Wildman–Crippen MR) is 108 cm³/mol. The lowest BCUT2D eigenvalue weighted by molar-refractivity contribution is -0.124. The Morgan fingerprint density at radius 1 is 1.30 bits per heavy atom. The lowest BCUT2D eigenvalue weighted by Gasteiger charge is -2.32. The smallest absolute Gasteiger partial charge is 0.253 e. The van der Waals surface area contributed by atoms with E-state index in [1.54, 1.807) is 11.3 Å².